The monoisotopic (exact) mass is 488 g/mol. The summed E-state index contributed by atoms with van der Waals surface area (Å²) in [5.41, 5.74) is 3.01. The van der Waals surface area contributed by atoms with E-state index in [0.717, 1.165) is 20.3 Å². The molecule has 0 radical (unpaired) electrons. The van der Waals surface area contributed by atoms with Crippen molar-refractivity contribution >= 4 is 54.6 Å². The predicted molar refractivity (Wildman–Crippen MR) is 128 cm³/mol. The lowest BCUT2D eigenvalue weighted by Crippen LogP contribution is -2.10. The molecule has 0 atom stereocenters. The first-order chi connectivity index (χ1) is 14.2. The molecule has 1 heterocycles. The Bertz CT molecular complexity index is 1100. The zero-order chi connectivity index (χ0) is 21.9. The number of methoxy groups -OCH3 is 1. The van der Waals surface area contributed by atoms with Crippen molar-refractivity contribution in [1.82, 2.24) is 4.98 Å². The maximum absolute atomic E-state index is 12.4. The number of carbonyl (C=O) groups excluding carboxylic acids is 1. The van der Waals surface area contributed by atoms with Crippen LogP contribution in [0, 0.1) is 0 Å². The first-order valence-corrected chi connectivity index (χ1v) is 11.2. The van der Waals surface area contributed by atoms with Crippen LogP contribution in [0.25, 0.3) is 16.3 Å². The van der Waals surface area contributed by atoms with E-state index >= 15 is 0 Å². The fourth-order valence-corrected chi connectivity index (χ4v) is 4.37. The average molecular weight is 489 g/mol. The maximum Gasteiger partial charge on any atom is 0.250 e. The number of aromatic nitrogens is 1. The summed E-state index contributed by atoms with van der Waals surface area (Å²) < 4.78 is 12.8. The van der Waals surface area contributed by atoms with Gasteiger partial charge in [0.2, 0.25) is 5.91 Å². The van der Waals surface area contributed by atoms with Crippen molar-refractivity contribution in [3.05, 3.63) is 52.0 Å². The lowest BCUT2D eigenvalue weighted by molar-refractivity contribution is -0.111. The van der Waals surface area contributed by atoms with Crippen molar-refractivity contribution in [3.63, 3.8) is 0 Å². The van der Waals surface area contributed by atoms with E-state index in [0.29, 0.717) is 23.2 Å². The number of hydrogen-bond acceptors (Lipinski definition) is 5. The van der Waals surface area contributed by atoms with Crippen LogP contribution in [-0.4, -0.2) is 24.6 Å². The van der Waals surface area contributed by atoms with Gasteiger partial charge in [-0.3, -0.25) is 10.1 Å². The third kappa shape index (κ3) is 5.21. The molecule has 158 valence electrons. The van der Waals surface area contributed by atoms with Gasteiger partial charge in [0.25, 0.3) is 0 Å². The van der Waals surface area contributed by atoms with E-state index in [-0.39, 0.29) is 11.3 Å². The molecular weight excluding hydrogens is 464 g/mol. The Balaban J connectivity index is 1.75. The molecule has 0 aliphatic heterocycles. The summed E-state index contributed by atoms with van der Waals surface area (Å²) >= 11 is 4.96. The Morgan fingerprint density at radius 1 is 1.27 bits per heavy atom. The third-order valence-electron chi connectivity index (χ3n) is 4.45. The molecule has 1 aromatic heterocycles. The molecule has 0 aliphatic rings. The number of ether oxygens (including phenoxy) is 2. The summed E-state index contributed by atoms with van der Waals surface area (Å²) in [5, 5.41) is 3.43. The number of benzene rings is 2. The van der Waals surface area contributed by atoms with E-state index < -0.39 is 0 Å². The number of halogens is 1. The fraction of sp³-hybridized carbons (Fsp3) is 0.304. The van der Waals surface area contributed by atoms with Crippen molar-refractivity contribution in [2.75, 3.05) is 19.0 Å². The molecule has 30 heavy (non-hydrogen) atoms. The summed E-state index contributed by atoms with van der Waals surface area (Å²) in [6.07, 6.45) is 3.21. The summed E-state index contributed by atoms with van der Waals surface area (Å²) in [4.78, 5) is 16.9. The molecular formula is C23H25BrN2O3S. The van der Waals surface area contributed by atoms with Crippen LogP contribution >= 0.6 is 27.3 Å². The van der Waals surface area contributed by atoms with Crippen molar-refractivity contribution in [1.29, 1.82) is 0 Å². The zero-order valence-electron chi connectivity index (χ0n) is 17.7. The standard InChI is InChI=1S/C23H25BrN2O3S/c1-6-29-21-16(24)11-14(12-18(21)28-5)7-10-20(27)26-22-25-17-9-8-15(23(2,3)4)13-19(17)30-22/h7-13H,6H2,1-5H3,(H,25,26,27)/b10-7+. The summed E-state index contributed by atoms with van der Waals surface area (Å²) in [5.74, 6) is 1.01. The number of nitrogens with one attached hydrogen (secondary N) is 1. The Labute approximate surface area is 189 Å². The second-order valence-electron chi connectivity index (χ2n) is 7.74. The normalized spacial score (nSPS) is 11.8. The molecule has 1 N–H and O–H groups in total. The number of nitrogens with zero attached hydrogens (tertiary/aromatic N) is 1. The van der Waals surface area contributed by atoms with Gasteiger partial charge in [-0.05, 0) is 69.7 Å². The third-order valence-corrected chi connectivity index (χ3v) is 5.97. The molecule has 5 nitrogen and oxygen atoms in total. The summed E-state index contributed by atoms with van der Waals surface area (Å²) in [7, 11) is 1.59. The number of fused-ring (bicyclic) bond motifs is 1. The molecule has 0 saturated heterocycles. The molecule has 0 saturated carbocycles. The van der Waals surface area contributed by atoms with Gasteiger partial charge in [-0.15, -0.1) is 0 Å². The van der Waals surface area contributed by atoms with Crippen molar-refractivity contribution < 1.29 is 14.3 Å². The zero-order valence-corrected chi connectivity index (χ0v) is 20.1. The van der Waals surface area contributed by atoms with Gasteiger partial charge in [0.1, 0.15) is 0 Å². The minimum Gasteiger partial charge on any atom is -0.493 e. The molecule has 0 unspecified atom stereocenters. The van der Waals surface area contributed by atoms with Gasteiger partial charge in [0.05, 0.1) is 28.4 Å². The van der Waals surface area contributed by atoms with Gasteiger partial charge < -0.3 is 9.47 Å². The lowest BCUT2D eigenvalue weighted by atomic mass is 9.87. The van der Waals surface area contributed by atoms with Crippen LogP contribution in [0.3, 0.4) is 0 Å². The second kappa shape index (κ2) is 9.18. The minimum atomic E-state index is -0.242. The number of carbonyl (C=O) groups is 1. The van der Waals surface area contributed by atoms with Crippen molar-refractivity contribution in [3.8, 4) is 11.5 Å². The molecule has 3 rings (SSSR count). The van der Waals surface area contributed by atoms with Crippen LogP contribution in [0.4, 0.5) is 5.13 Å². The number of thiazole rings is 1. The van der Waals surface area contributed by atoms with Crippen LogP contribution in [0.2, 0.25) is 0 Å². The highest BCUT2D eigenvalue weighted by Gasteiger charge is 2.15. The van der Waals surface area contributed by atoms with E-state index in [9.17, 15) is 4.79 Å². The first-order valence-electron chi connectivity index (χ1n) is 9.61. The fourth-order valence-electron chi connectivity index (χ4n) is 2.88. The van der Waals surface area contributed by atoms with E-state index in [1.165, 1.54) is 23.0 Å². The molecule has 0 spiro atoms. The molecule has 2 aromatic carbocycles. The van der Waals surface area contributed by atoms with Gasteiger partial charge >= 0.3 is 0 Å². The molecule has 0 fully saturated rings. The van der Waals surface area contributed by atoms with Crippen LogP contribution in [0.1, 0.15) is 38.8 Å². The van der Waals surface area contributed by atoms with Crippen LogP contribution < -0.4 is 14.8 Å². The first kappa shape index (κ1) is 22.3. The Morgan fingerprint density at radius 3 is 2.70 bits per heavy atom. The average Bonchev–Trinajstić information content (AvgIpc) is 3.08. The summed E-state index contributed by atoms with van der Waals surface area (Å²) in [6, 6.07) is 9.93. The van der Waals surface area contributed by atoms with Crippen molar-refractivity contribution in [2.45, 2.75) is 33.1 Å². The maximum atomic E-state index is 12.4. The van der Waals surface area contributed by atoms with Gasteiger partial charge in [-0.2, -0.15) is 0 Å². The van der Waals surface area contributed by atoms with E-state index in [2.05, 4.69) is 59.1 Å². The van der Waals surface area contributed by atoms with Gasteiger partial charge in [0, 0.05) is 6.08 Å². The number of hydrogen-bond donors (Lipinski definition) is 1. The molecule has 0 bridgehead atoms. The van der Waals surface area contributed by atoms with E-state index in [4.69, 9.17) is 9.47 Å². The van der Waals surface area contributed by atoms with Crippen LogP contribution in [0.5, 0.6) is 11.5 Å². The largest absolute Gasteiger partial charge is 0.493 e. The Morgan fingerprint density at radius 2 is 2.03 bits per heavy atom. The van der Waals surface area contributed by atoms with E-state index in [1.54, 1.807) is 13.2 Å². The van der Waals surface area contributed by atoms with Crippen molar-refractivity contribution in [2.24, 2.45) is 0 Å². The van der Waals surface area contributed by atoms with Crippen LogP contribution in [-0.2, 0) is 10.2 Å². The Hall–Kier alpha value is -2.38. The quantitative estimate of drug-likeness (QED) is 0.406. The predicted octanol–water partition coefficient (Wildman–Crippen LogP) is 6.42. The SMILES string of the molecule is CCOc1c(Br)cc(/C=C/C(=O)Nc2nc3ccc(C(C)(C)C)cc3s2)cc1OC. The van der Waals surface area contributed by atoms with Gasteiger partial charge in [0.15, 0.2) is 16.6 Å². The molecule has 0 aliphatic carbocycles. The molecule has 7 heteroatoms. The second-order valence-corrected chi connectivity index (χ2v) is 9.63. The Kier molecular flexibility index (Phi) is 6.83. The molecule has 3 aromatic rings. The lowest BCUT2D eigenvalue weighted by Gasteiger charge is -2.18. The minimum absolute atomic E-state index is 0.0668. The topological polar surface area (TPSA) is 60.5 Å². The van der Waals surface area contributed by atoms with Crippen LogP contribution in [0.15, 0.2) is 40.9 Å². The smallest absolute Gasteiger partial charge is 0.250 e. The number of rotatable bonds is 6. The summed E-state index contributed by atoms with van der Waals surface area (Å²) in [6.45, 7) is 8.98. The van der Waals surface area contributed by atoms with Gasteiger partial charge in [-0.1, -0.05) is 38.2 Å². The number of anilines is 1. The highest BCUT2D eigenvalue weighted by Crippen LogP contribution is 2.37. The highest BCUT2D eigenvalue weighted by molar-refractivity contribution is 9.10. The van der Waals surface area contributed by atoms with E-state index in [1.807, 2.05) is 25.1 Å². The van der Waals surface area contributed by atoms with Gasteiger partial charge in [-0.25, -0.2) is 4.98 Å². The number of amides is 1. The molecule has 1 amide bonds. The highest BCUT2D eigenvalue weighted by atomic mass is 79.9.